The second-order valence-electron chi connectivity index (χ2n) is 6.25. The summed E-state index contributed by atoms with van der Waals surface area (Å²) in [5.41, 5.74) is 0.536. The van der Waals surface area contributed by atoms with Crippen molar-refractivity contribution >= 4 is 11.0 Å². The van der Waals surface area contributed by atoms with Crippen LogP contribution in [0.2, 0.25) is 0 Å². The molecule has 0 aromatic carbocycles. The van der Waals surface area contributed by atoms with Crippen LogP contribution in [-0.4, -0.2) is 49.9 Å². The van der Waals surface area contributed by atoms with E-state index in [1.54, 1.807) is 10.9 Å². The number of hydrogen-bond acceptors (Lipinski definition) is 5. The zero-order valence-corrected chi connectivity index (χ0v) is 12.8. The van der Waals surface area contributed by atoms with Crippen LogP contribution in [0.1, 0.15) is 31.5 Å². The average Bonchev–Trinajstić information content (AvgIpc) is 2.90. The van der Waals surface area contributed by atoms with E-state index in [2.05, 4.69) is 20.0 Å². The Bertz CT molecular complexity index is 735. The Labute approximate surface area is 128 Å². The van der Waals surface area contributed by atoms with Crippen molar-refractivity contribution in [3.63, 3.8) is 0 Å². The maximum absolute atomic E-state index is 12.1. The van der Waals surface area contributed by atoms with Crippen LogP contribution < -0.4 is 5.56 Å². The van der Waals surface area contributed by atoms with Crippen LogP contribution in [0.25, 0.3) is 11.0 Å². The predicted molar refractivity (Wildman–Crippen MR) is 81.5 cm³/mol. The summed E-state index contributed by atoms with van der Waals surface area (Å²) in [6.45, 7) is 2.33. The van der Waals surface area contributed by atoms with Gasteiger partial charge in [-0.25, -0.2) is 4.98 Å². The zero-order chi connectivity index (χ0) is 15.1. The van der Waals surface area contributed by atoms with E-state index in [1.807, 2.05) is 7.05 Å². The van der Waals surface area contributed by atoms with Gasteiger partial charge in [0.2, 0.25) is 0 Å². The Morgan fingerprint density at radius 1 is 1.41 bits per heavy atom. The third-order valence-electron chi connectivity index (χ3n) is 4.85. The third kappa shape index (κ3) is 2.34. The third-order valence-corrected chi connectivity index (χ3v) is 4.85. The number of aryl methyl sites for hydroxylation is 1. The van der Waals surface area contributed by atoms with Gasteiger partial charge in [-0.3, -0.25) is 14.4 Å². The van der Waals surface area contributed by atoms with Crippen LogP contribution in [0.5, 0.6) is 0 Å². The number of nitrogens with one attached hydrogen (secondary N) is 1. The zero-order valence-electron chi connectivity index (χ0n) is 12.8. The number of aromatic amines is 1. The molecule has 2 atom stereocenters. The van der Waals surface area contributed by atoms with Crippen LogP contribution in [-0.2, 0) is 18.3 Å². The van der Waals surface area contributed by atoms with Crippen molar-refractivity contribution in [1.82, 2.24) is 24.6 Å². The minimum absolute atomic E-state index is 0.110. The Kier molecular flexibility index (Phi) is 3.46. The van der Waals surface area contributed by atoms with Gasteiger partial charge in [0.1, 0.15) is 11.2 Å². The summed E-state index contributed by atoms with van der Waals surface area (Å²) >= 11 is 0. The Morgan fingerprint density at radius 3 is 3.18 bits per heavy atom. The highest BCUT2D eigenvalue weighted by atomic mass is 16.5. The van der Waals surface area contributed by atoms with Crippen LogP contribution in [0.3, 0.4) is 0 Å². The van der Waals surface area contributed by atoms with Gasteiger partial charge < -0.3 is 9.72 Å². The van der Waals surface area contributed by atoms with Gasteiger partial charge in [0.15, 0.2) is 5.65 Å². The van der Waals surface area contributed by atoms with Crippen molar-refractivity contribution in [2.75, 3.05) is 13.2 Å². The molecule has 0 spiro atoms. The highest BCUT2D eigenvalue weighted by Crippen LogP contribution is 2.29. The van der Waals surface area contributed by atoms with Gasteiger partial charge in [0.05, 0.1) is 25.5 Å². The minimum atomic E-state index is -0.110. The lowest BCUT2D eigenvalue weighted by atomic mass is 9.90. The lowest BCUT2D eigenvalue weighted by Crippen LogP contribution is -2.52. The monoisotopic (exact) mass is 303 g/mol. The highest BCUT2D eigenvalue weighted by molar-refractivity contribution is 5.72. The number of ether oxygens (including phenoxy) is 1. The van der Waals surface area contributed by atoms with E-state index in [1.165, 1.54) is 19.3 Å². The molecule has 4 rings (SSSR count). The summed E-state index contributed by atoms with van der Waals surface area (Å²) in [4.78, 5) is 22.0. The molecule has 1 saturated heterocycles. The normalized spacial score (nSPS) is 26.2. The van der Waals surface area contributed by atoms with Crippen molar-refractivity contribution in [2.24, 2.45) is 7.05 Å². The van der Waals surface area contributed by atoms with E-state index in [4.69, 9.17) is 4.74 Å². The SMILES string of the molecule is Cn1ncc2c(=O)[nH]c(CN3CCO[C@@H]4CCCC[C@@H]43)nc21. The van der Waals surface area contributed by atoms with E-state index in [9.17, 15) is 4.79 Å². The number of nitrogens with zero attached hydrogens (tertiary/aromatic N) is 4. The van der Waals surface area contributed by atoms with Crippen LogP contribution in [0, 0.1) is 0 Å². The summed E-state index contributed by atoms with van der Waals surface area (Å²) in [6.07, 6.45) is 6.73. The summed E-state index contributed by atoms with van der Waals surface area (Å²) < 4.78 is 7.55. The molecule has 0 unspecified atom stereocenters. The second kappa shape index (κ2) is 5.48. The van der Waals surface area contributed by atoms with E-state index in [0.29, 0.717) is 35.5 Å². The molecule has 1 aliphatic carbocycles. The van der Waals surface area contributed by atoms with Crippen LogP contribution >= 0.6 is 0 Å². The molecule has 0 radical (unpaired) electrons. The molecule has 3 heterocycles. The van der Waals surface area contributed by atoms with Crippen molar-refractivity contribution < 1.29 is 4.74 Å². The number of rotatable bonds is 2. The first-order chi connectivity index (χ1) is 10.7. The average molecular weight is 303 g/mol. The van der Waals surface area contributed by atoms with Gasteiger partial charge in [0.25, 0.3) is 5.56 Å². The predicted octanol–water partition coefficient (Wildman–Crippen LogP) is 0.800. The fourth-order valence-electron chi connectivity index (χ4n) is 3.72. The van der Waals surface area contributed by atoms with Gasteiger partial charge in [0, 0.05) is 19.6 Å². The number of aromatic nitrogens is 4. The van der Waals surface area contributed by atoms with Gasteiger partial charge in [-0.05, 0) is 12.8 Å². The number of fused-ring (bicyclic) bond motifs is 2. The first-order valence-electron chi connectivity index (χ1n) is 7.99. The molecule has 7 heteroatoms. The highest BCUT2D eigenvalue weighted by Gasteiger charge is 2.34. The molecule has 1 N–H and O–H groups in total. The molecule has 22 heavy (non-hydrogen) atoms. The molecule has 2 aromatic rings. The summed E-state index contributed by atoms with van der Waals surface area (Å²) in [5.74, 6) is 0.715. The molecule has 118 valence electrons. The molecule has 1 saturated carbocycles. The van der Waals surface area contributed by atoms with Crippen molar-refractivity contribution in [3.05, 3.63) is 22.4 Å². The Balaban J connectivity index is 1.62. The molecule has 1 aliphatic heterocycles. The lowest BCUT2D eigenvalue weighted by Gasteiger charge is -2.43. The van der Waals surface area contributed by atoms with Crippen LogP contribution in [0.15, 0.2) is 11.0 Å². The standard InChI is InChI=1S/C15H21N5O2/c1-19-14-10(8-16-19)15(21)18-13(17-14)9-20-6-7-22-12-5-3-2-4-11(12)20/h8,11-12H,2-7,9H2,1H3,(H,17,18,21)/t11-,12+/m0/s1. The van der Waals surface area contributed by atoms with Gasteiger partial charge in [-0.1, -0.05) is 12.8 Å². The summed E-state index contributed by atoms with van der Waals surface area (Å²) in [7, 11) is 1.81. The van der Waals surface area contributed by atoms with Crippen molar-refractivity contribution in [1.29, 1.82) is 0 Å². The summed E-state index contributed by atoms with van der Waals surface area (Å²) in [5, 5.41) is 4.66. The van der Waals surface area contributed by atoms with E-state index < -0.39 is 0 Å². The van der Waals surface area contributed by atoms with Crippen LogP contribution in [0.4, 0.5) is 0 Å². The number of morpholine rings is 1. The first-order valence-corrected chi connectivity index (χ1v) is 7.99. The van der Waals surface area contributed by atoms with E-state index >= 15 is 0 Å². The van der Waals surface area contributed by atoms with Crippen molar-refractivity contribution in [3.8, 4) is 0 Å². The Hall–Kier alpha value is -1.73. The molecule has 7 nitrogen and oxygen atoms in total. The fourth-order valence-corrected chi connectivity index (χ4v) is 3.72. The lowest BCUT2D eigenvalue weighted by molar-refractivity contribution is -0.0918. The molecule has 2 aromatic heterocycles. The molecular formula is C15H21N5O2. The maximum atomic E-state index is 12.1. The molecular weight excluding hydrogens is 282 g/mol. The van der Waals surface area contributed by atoms with Crippen molar-refractivity contribution in [2.45, 2.75) is 44.4 Å². The maximum Gasteiger partial charge on any atom is 0.262 e. The largest absolute Gasteiger partial charge is 0.375 e. The number of H-pyrrole nitrogens is 1. The second-order valence-corrected chi connectivity index (χ2v) is 6.25. The first kappa shape index (κ1) is 13.9. The van der Waals surface area contributed by atoms with E-state index in [0.717, 1.165) is 19.6 Å². The van der Waals surface area contributed by atoms with E-state index in [-0.39, 0.29) is 5.56 Å². The molecule has 2 aliphatic rings. The quantitative estimate of drug-likeness (QED) is 0.888. The minimum Gasteiger partial charge on any atom is -0.375 e. The Morgan fingerprint density at radius 2 is 2.27 bits per heavy atom. The van der Waals surface area contributed by atoms with Gasteiger partial charge >= 0.3 is 0 Å². The topological polar surface area (TPSA) is 76.0 Å². The summed E-state index contributed by atoms with van der Waals surface area (Å²) in [6, 6.07) is 0.454. The van der Waals surface area contributed by atoms with Gasteiger partial charge in [-0.2, -0.15) is 5.10 Å². The number of hydrogen-bond donors (Lipinski definition) is 1. The molecule has 0 amide bonds. The fraction of sp³-hybridized carbons (Fsp3) is 0.667. The smallest absolute Gasteiger partial charge is 0.262 e. The van der Waals surface area contributed by atoms with Gasteiger partial charge in [-0.15, -0.1) is 0 Å². The molecule has 2 fully saturated rings. The molecule has 0 bridgehead atoms.